The Kier molecular flexibility index (Phi) is 3.42. The van der Waals surface area contributed by atoms with Crippen LogP contribution in [0, 0.1) is 0 Å². The zero-order chi connectivity index (χ0) is 11.6. The van der Waals surface area contributed by atoms with E-state index in [1.165, 1.54) is 18.2 Å². The summed E-state index contributed by atoms with van der Waals surface area (Å²) in [5.74, 6) is -4.63. The van der Waals surface area contributed by atoms with E-state index in [2.05, 4.69) is 4.74 Å². The van der Waals surface area contributed by atoms with Crippen molar-refractivity contribution in [1.82, 2.24) is 0 Å². The molecule has 1 atom stereocenters. The standard InChI is InChI=1S/C9H7Cl2FO3/c1-9(12,8(13)14)15-7-3-2-5(10)4-6(7)11/h2-4H,1H3,(H,13,14). The molecular formula is C9H7Cl2FO3. The lowest BCUT2D eigenvalue weighted by atomic mass is 10.3. The Morgan fingerprint density at radius 1 is 1.53 bits per heavy atom. The lowest BCUT2D eigenvalue weighted by molar-refractivity contribution is -0.170. The van der Waals surface area contributed by atoms with Gasteiger partial charge in [-0.3, -0.25) is 0 Å². The number of alkyl halides is 1. The van der Waals surface area contributed by atoms with Gasteiger partial charge >= 0.3 is 11.8 Å². The van der Waals surface area contributed by atoms with E-state index in [0.717, 1.165) is 6.92 Å². The smallest absolute Gasteiger partial charge is 0.381 e. The molecule has 1 rings (SSSR count). The van der Waals surface area contributed by atoms with Crippen molar-refractivity contribution in [3.63, 3.8) is 0 Å². The lowest BCUT2D eigenvalue weighted by Gasteiger charge is -2.18. The van der Waals surface area contributed by atoms with Crippen LogP contribution in [0.4, 0.5) is 4.39 Å². The monoisotopic (exact) mass is 252 g/mol. The predicted octanol–water partition coefficient (Wildman–Crippen LogP) is 3.14. The highest BCUT2D eigenvalue weighted by atomic mass is 35.5. The molecule has 6 heteroatoms. The Balaban J connectivity index is 2.95. The molecule has 0 spiro atoms. The van der Waals surface area contributed by atoms with E-state index in [4.69, 9.17) is 28.3 Å². The predicted molar refractivity (Wildman–Crippen MR) is 54.2 cm³/mol. The van der Waals surface area contributed by atoms with Crippen LogP contribution in [0.5, 0.6) is 5.75 Å². The van der Waals surface area contributed by atoms with Gasteiger partial charge in [0.15, 0.2) is 0 Å². The molecule has 1 aromatic rings. The molecule has 0 amide bonds. The molecular weight excluding hydrogens is 246 g/mol. The van der Waals surface area contributed by atoms with Crippen molar-refractivity contribution in [2.24, 2.45) is 0 Å². The Hall–Kier alpha value is -1.00. The van der Waals surface area contributed by atoms with Gasteiger partial charge in [-0.1, -0.05) is 23.2 Å². The second-order valence-electron chi connectivity index (χ2n) is 2.90. The topological polar surface area (TPSA) is 46.5 Å². The molecule has 0 aliphatic carbocycles. The van der Waals surface area contributed by atoms with Gasteiger partial charge in [-0.25, -0.2) is 4.79 Å². The van der Waals surface area contributed by atoms with Crippen molar-refractivity contribution in [1.29, 1.82) is 0 Å². The van der Waals surface area contributed by atoms with Crippen LogP contribution in [0.1, 0.15) is 6.92 Å². The Labute approximate surface area is 95.4 Å². The first-order chi connectivity index (χ1) is 6.83. The highest BCUT2D eigenvalue weighted by Gasteiger charge is 2.35. The van der Waals surface area contributed by atoms with Crippen LogP contribution in [-0.2, 0) is 4.79 Å². The molecule has 0 saturated heterocycles. The first-order valence-corrected chi connectivity index (χ1v) is 4.65. The van der Waals surface area contributed by atoms with Crippen LogP contribution in [0.25, 0.3) is 0 Å². The van der Waals surface area contributed by atoms with Crippen LogP contribution < -0.4 is 4.74 Å². The molecule has 0 heterocycles. The van der Waals surface area contributed by atoms with Gasteiger partial charge in [0, 0.05) is 11.9 Å². The first-order valence-electron chi connectivity index (χ1n) is 3.89. The van der Waals surface area contributed by atoms with Crippen LogP contribution in [0.3, 0.4) is 0 Å². The van der Waals surface area contributed by atoms with Crippen molar-refractivity contribution in [3.05, 3.63) is 28.2 Å². The zero-order valence-electron chi connectivity index (χ0n) is 7.63. The van der Waals surface area contributed by atoms with Crippen molar-refractivity contribution in [3.8, 4) is 5.75 Å². The highest BCUT2D eigenvalue weighted by molar-refractivity contribution is 6.35. The third kappa shape index (κ3) is 2.97. The quantitative estimate of drug-likeness (QED) is 0.899. The Morgan fingerprint density at radius 2 is 2.13 bits per heavy atom. The van der Waals surface area contributed by atoms with E-state index in [1.807, 2.05) is 0 Å². The summed E-state index contributed by atoms with van der Waals surface area (Å²) in [6, 6.07) is 4.04. The third-order valence-electron chi connectivity index (χ3n) is 1.58. The summed E-state index contributed by atoms with van der Waals surface area (Å²) >= 11 is 11.3. The molecule has 82 valence electrons. The van der Waals surface area contributed by atoms with Crippen LogP contribution in [0.15, 0.2) is 18.2 Å². The van der Waals surface area contributed by atoms with Crippen LogP contribution in [-0.4, -0.2) is 16.9 Å². The molecule has 1 aromatic carbocycles. The normalized spacial score (nSPS) is 14.4. The number of rotatable bonds is 3. The zero-order valence-corrected chi connectivity index (χ0v) is 9.14. The summed E-state index contributed by atoms with van der Waals surface area (Å²) in [5.41, 5.74) is 0. The second kappa shape index (κ2) is 4.24. The molecule has 0 bridgehead atoms. The van der Waals surface area contributed by atoms with E-state index in [9.17, 15) is 9.18 Å². The maximum Gasteiger partial charge on any atom is 0.381 e. The highest BCUT2D eigenvalue weighted by Crippen LogP contribution is 2.30. The molecule has 3 nitrogen and oxygen atoms in total. The maximum atomic E-state index is 13.3. The minimum atomic E-state index is -2.82. The minimum absolute atomic E-state index is 0.0487. The van der Waals surface area contributed by atoms with E-state index in [-0.39, 0.29) is 10.8 Å². The average Bonchev–Trinajstić information content (AvgIpc) is 2.09. The van der Waals surface area contributed by atoms with E-state index >= 15 is 0 Å². The molecule has 1 unspecified atom stereocenters. The summed E-state index contributed by atoms with van der Waals surface area (Å²) in [6.07, 6.45) is 0. The van der Waals surface area contributed by atoms with Gasteiger partial charge in [-0.2, -0.15) is 4.39 Å². The Morgan fingerprint density at radius 3 is 2.60 bits per heavy atom. The molecule has 1 N–H and O–H groups in total. The maximum absolute atomic E-state index is 13.3. The molecule has 0 saturated carbocycles. The van der Waals surface area contributed by atoms with Gasteiger partial charge in [0.2, 0.25) is 0 Å². The number of benzene rings is 1. The number of carboxylic acid groups (broad SMARTS) is 1. The molecule has 0 aliphatic rings. The lowest BCUT2D eigenvalue weighted by Crippen LogP contribution is -2.36. The van der Waals surface area contributed by atoms with Crippen LogP contribution in [0.2, 0.25) is 10.0 Å². The van der Waals surface area contributed by atoms with Gasteiger partial charge in [0.25, 0.3) is 0 Å². The number of carboxylic acids is 1. The SMILES string of the molecule is CC(F)(Oc1ccc(Cl)cc1Cl)C(=O)O. The Bertz CT molecular complexity index is 393. The number of hydrogen-bond acceptors (Lipinski definition) is 2. The average molecular weight is 253 g/mol. The molecule has 15 heavy (non-hydrogen) atoms. The summed E-state index contributed by atoms with van der Waals surface area (Å²) in [4.78, 5) is 10.4. The molecule has 0 radical (unpaired) electrons. The van der Waals surface area contributed by atoms with Crippen LogP contribution >= 0.6 is 23.2 Å². The molecule has 0 aromatic heterocycles. The van der Waals surface area contributed by atoms with Gasteiger partial charge in [0.05, 0.1) is 5.02 Å². The van der Waals surface area contributed by atoms with Crippen molar-refractivity contribution in [2.75, 3.05) is 0 Å². The minimum Gasteiger partial charge on any atom is -0.476 e. The fourth-order valence-electron chi connectivity index (χ4n) is 0.808. The number of hydrogen-bond donors (Lipinski definition) is 1. The van der Waals surface area contributed by atoms with Gasteiger partial charge in [0.1, 0.15) is 5.75 Å². The summed E-state index contributed by atoms with van der Waals surface area (Å²) in [5, 5.41) is 8.88. The van der Waals surface area contributed by atoms with Crippen molar-refractivity contribution < 1.29 is 19.0 Å². The number of ether oxygens (including phenoxy) is 1. The van der Waals surface area contributed by atoms with E-state index in [0.29, 0.717) is 5.02 Å². The molecule has 0 aliphatic heterocycles. The summed E-state index contributed by atoms with van der Waals surface area (Å²) in [7, 11) is 0. The molecule has 0 fully saturated rings. The van der Waals surface area contributed by atoms with Crippen molar-refractivity contribution >= 4 is 29.2 Å². The largest absolute Gasteiger partial charge is 0.476 e. The van der Waals surface area contributed by atoms with Gasteiger partial charge in [-0.15, -0.1) is 0 Å². The van der Waals surface area contributed by atoms with E-state index < -0.39 is 11.8 Å². The second-order valence-corrected chi connectivity index (χ2v) is 3.74. The summed E-state index contributed by atoms with van der Waals surface area (Å²) < 4.78 is 17.9. The fraction of sp³-hybridized carbons (Fsp3) is 0.222. The van der Waals surface area contributed by atoms with E-state index in [1.54, 1.807) is 0 Å². The van der Waals surface area contributed by atoms with Crippen molar-refractivity contribution in [2.45, 2.75) is 12.8 Å². The van der Waals surface area contributed by atoms with Gasteiger partial charge in [-0.05, 0) is 18.2 Å². The summed E-state index contributed by atoms with van der Waals surface area (Å²) in [6.45, 7) is 0.778. The number of halogens is 3. The number of aliphatic carboxylic acids is 1. The third-order valence-corrected chi connectivity index (χ3v) is 2.11. The van der Waals surface area contributed by atoms with Gasteiger partial charge < -0.3 is 9.84 Å². The fourth-order valence-corrected chi connectivity index (χ4v) is 1.26. The first kappa shape index (κ1) is 12.1. The number of carbonyl (C=O) groups is 1.